The number of aromatic nitrogens is 1. The molecule has 3 nitrogen and oxygen atoms in total. The molecule has 0 aliphatic rings. The van der Waals surface area contributed by atoms with Crippen molar-refractivity contribution < 1.29 is 9.84 Å². The monoisotopic (exact) mass is 243 g/mol. The summed E-state index contributed by atoms with van der Waals surface area (Å²) in [7, 11) is 1.60. The number of benzene rings is 1. The fraction of sp³-hybridized carbons (Fsp3) is 0.267. The lowest BCUT2D eigenvalue weighted by atomic mass is 9.88. The van der Waals surface area contributed by atoms with E-state index in [0.29, 0.717) is 5.75 Å². The number of rotatable bonds is 3. The Labute approximate surface area is 107 Å². The minimum atomic E-state index is -1.12. The SMILES string of the molecule is COc1ccc(C)cc1C(C)(O)c1cccnc1. The molecule has 1 heterocycles. The lowest BCUT2D eigenvalue weighted by Gasteiger charge is -2.26. The molecule has 0 fully saturated rings. The van der Waals surface area contributed by atoms with Crippen molar-refractivity contribution in [2.75, 3.05) is 7.11 Å². The zero-order chi connectivity index (χ0) is 13.2. The minimum absolute atomic E-state index is 0.675. The van der Waals surface area contributed by atoms with Crippen LogP contribution in [0.15, 0.2) is 42.7 Å². The van der Waals surface area contributed by atoms with E-state index in [0.717, 1.165) is 16.7 Å². The maximum Gasteiger partial charge on any atom is 0.125 e. The quantitative estimate of drug-likeness (QED) is 0.901. The fourth-order valence-electron chi connectivity index (χ4n) is 2.01. The van der Waals surface area contributed by atoms with Gasteiger partial charge in [0.25, 0.3) is 0 Å². The number of aryl methyl sites for hydroxylation is 1. The van der Waals surface area contributed by atoms with Gasteiger partial charge in [0.15, 0.2) is 0 Å². The van der Waals surface area contributed by atoms with E-state index in [-0.39, 0.29) is 0 Å². The summed E-state index contributed by atoms with van der Waals surface area (Å²) in [5.41, 5.74) is 1.45. The molecule has 94 valence electrons. The van der Waals surface area contributed by atoms with Crippen molar-refractivity contribution >= 4 is 0 Å². The number of hydrogen-bond donors (Lipinski definition) is 1. The lowest BCUT2D eigenvalue weighted by Crippen LogP contribution is -2.23. The van der Waals surface area contributed by atoms with Crippen LogP contribution in [0.1, 0.15) is 23.6 Å². The molecule has 18 heavy (non-hydrogen) atoms. The number of methoxy groups -OCH3 is 1. The Hall–Kier alpha value is -1.87. The lowest BCUT2D eigenvalue weighted by molar-refractivity contribution is 0.0985. The van der Waals surface area contributed by atoms with Crippen LogP contribution in [-0.2, 0) is 5.60 Å². The molecule has 2 rings (SSSR count). The van der Waals surface area contributed by atoms with E-state index in [1.54, 1.807) is 26.4 Å². The Bertz CT molecular complexity index is 535. The van der Waals surface area contributed by atoms with Gasteiger partial charge < -0.3 is 9.84 Å². The van der Waals surface area contributed by atoms with Crippen LogP contribution in [0, 0.1) is 6.92 Å². The predicted octanol–water partition coefficient (Wildman–Crippen LogP) is 2.65. The van der Waals surface area contributed by atoms with E-state index in [2.05, 4.69) is 4.98 Å². The van der Waals surface area contributed by atoms with E-state index < -0.39 is 5.60 Å². The van der Waals surface area contributed by atoms with Gasteiger partial charge in [0.1, 0.15) is 11.4 Å². The molecule has 0 spiro atoms. The summed E-state index contributed by atoms with van der Waals surface area (Å²) in [6.07, 6.45) is 3.36. The summed E-state index contributed by atoms with van der Waals surface area (Å²) in [4.78, 5) is 4.05. The molecule has 0 saturated heterocycles. The average molecular weight is 243 g/mol. The highest BCUT2D eigenvalue weighted by atomic mass is 16.5. The summed E-state index contributed by atoms with van der Waals surface area (Å²) < 4.78 is 5.33. The van der Waals surface area contributed by atoms with Gasteiger partial charge in [-0.15, -0.1) is 0 Å². The second-order valence-electron chi connectivity index (χ2n) is 4.52. The summed E-state index contributed by atoms with van der Waals surface area (Å²) in [6, 6.07) is 9.43. The Kier molecular flexibility index (Phi) is 3.34. The number of hydrogen-bond acceptors (Lipinski definition) is 3. The van der Waals surface area contributed by atoms with Crippen LogP contribution in [0.3, 0.4) is 0 Å². The highest BCUT2D eigenvalue weighted by Gasteiger charge is 2.29. The van der Waals surface area contributed by atoms with Crippen molar-refractivity contribution in [3.8, 4) is 5.75 Å². The summed E-state index contributed by atoms with van der Waals surface area (Å²) >= 11 is 0. The van der Waals surface area contributed by atoms with Crippen molar-refractivity contribution in [2.24, 2.45) is 0 Å². The van der Waals surface area contributed by atoms with Gasteiger partial charge in [-0.3, -0.25) is 4.98 Å². The zero-order valence-electron chi connectivity index (χ0n) is 10.8. The number of aliphatic hydroxyl groups is 1. The molecule has 0 saturated carbocycles. The molecule has 0 bridgehead atoms. The van der Waals surface area contributed by atoms with E-state index >= 15 is 0 Å². The predicted molar refractivity (Wildman–Crippen MR) is 70.6 cm³/mol. The molecule has 2 aromatic rings. The molecule has 3 heteroatoms. The molecular formula is C15H17NO2. The van der Waals surface area contributed by atoms with Gasteiger partial charge in [0.05, 0.1) is 7.11 Å². The number of pyridine rings is 1. The van der Waals surface area contributed by atoms with Gasteiger partial charge in [-0.05, 0) is 32.0 Å². The standard InChI is InChI=1S/C15H17NO2/c1-11-6-7-14(18-3)13(9-11)15(2,17)12-5-4-8-16-10-12/h4-10,17H,1-3H3. The second kappa shape index (κ2) is 4.78. The number of nitrogens with zero attached hydrogens (tertiary/aromatic N) is 1. The molecule has 1 unspecified atom stereocenters. The Morgan fingerprint density at radius 1 is 1.28 bits per heavy atom. The van der Waals surface area contributed by atoms with Crippen LogP contribution in [0.2, 0.25) is 0 Å². The van der Waals surface area contributed by atoms with Crippen LogP contribution in [0.5, 0.6) is 5.75 Å². The van der Waals surface area contributed by atoms with Gasteiger partial charge in [-0.25, -0.2) is 0 Å². The minimum Gasteiger partial charge on any atom is -0.496 e. The first kappa shape index (κ1) is 12.6. The molecule has 1 aromatic carbocycles. The topological polar surface area (TPSA) is 42.4 Å². The van der Waals surface area contributed by atoms with Gasteiger partial charge in [0.2, 0.25) is 0 Å². The maximum absolute atomic E-state index is 10.8. The first-order valence-electron chi connectivity index (χ1n) is 5.83. The van der Waals surface area contributed by atoms with Crippen molar-refractivity contribution in [2.45, 2.75) is 19.4 Å². The Morgan fingerprint density at radius 2 is 2.06 bits per heavy atom. The van der Waals surface area contributed by atoms with Crippen LogP contribution in [0.4, 0.5) is 0 Å². The smallest absolute Gasteiger partial charge is 0.125 e. The highest BCUT2D eigenvalue weighted by molar-refractivity contribution is 5.45. The van der Waals surface area contributed by atoms with Gasteiger partial charge in [-0.2, -0.15) is 0 Å². The van der Waals surface area contributed by atoms with Crippen LogP contribution >= 0.6 is 0 Å². The van der Waals surface area contributed by atoms with E-state index in [1.807, 2.05) is 37.3 Å². The van der Waals surface area contributed by atoms with E-state index in [9.17, 15) is 5.11 Å². The largest absolute Gasteiger partial charge is 0.496 e. The summed E-state index contributed by atoms with van der Waals surface area (Å²) in [5, 5.41) is 10.8. The van der Waals surface area contributed by atoms with E-state index in [4.69, 9.17) is 4.74 Å². The normalized spacial score (nSPS) is 14.0. The maximum atomic E-state index is 10.8. The van der Waals surface area contributed by atoms with Crippen molar-refractivity contribution in [3.63, 3.8) is 0 Å². The summed E-state index contributed by atoms with van der Waals surface area (Å²) in [6.45, 7) is 3.74. The second-order valence-corrected chi connectivity index (χ2v) is 4.52. The Morgan fingerprint density at radius 3 is 2.67 bits per heavy atom. The average Bonchev–Trinajstić information content (AvgIpc) is 2.39. The summed E-state index contributed by atoms with van der Waals surface area (Å²) in [5.74, 6) is 0.675. The fourth-order valence-corrected chi connectivity index (χ4v) is 2.01. The molecule has 0 aliphatic carbocycles. The van der Waals surface area contributed by atoms with Crippen molar-refractivity contribution in [1.29, 1.82) is 0 Å². The molecular weight excluding hydrogens is 226 g/mol. The third-order valence-electron chi connectivity index (χ3n) is 3.10. The molecule has 1 aromatic heterocycles. The highest BCUT2D eigenvalue weighted by Crippen LogP contribution is 2.35. The molecule has 0 aliphatic heterocycles. The van der Waals surface area contributed by atoms with Crippen LogP contribution in [-0.4, -0.2) is 17.2 Å². The van der Waals surface area contributed by atoms with Gasteiger partial charge in [-0.1, -0.05) is 17.7 Å². The first-order valence-corrected chi connectivity index (χ1v) is 5.83. The van der Waals surface area contributed by atoms with E-state index in [1.165, 1.54) is 0 Å². The van der Waals surface area contributed by atoms with Crippen molar-refractivity contribution in [3.05, 3.63) is 59.4 Å². The molecule has 1 N–H and O–H groups in total. The van der Waals surface area contributed by atoms with Crippen LogP contribution < -0.4 is 4.74 Å². The number of ether oxygens (including phenoxy) is 1. The van der Waals surface area contributed by atoms with Gasteiger partial charge >= 0.3 is 0 Å². The van der Waals surface area contributed by atoms with Crippen LogP contribution in [0.25, 0.3) is 0 Å². The third-order valence-corrected chi connectivity index (χ3v) is 3.10. The third kappa shape index (κ3) is 2.22. The molecule has 1 atom stereocenters. The zero-order valence-corrected chi connectivity index (χ0v) is 10.8. The Balaban J connectivity index is 2.56. The van der Waals surface area contributed by atoms with Crippen molar-refractivity contribution in [1.82, 2.24) is 4.98 Å². The van der Waals surface area contributed by atoms with Gasteiger partial charge in [0, 0.05) is 23.5 Å². The molecule has 0 radical (unpaired) electrons. The first-order chi connectivity index (χ1) is 8.55. The molecule has 0 amide bonds.